The predicted octanol–water partition coefficient (Wildman–Crippen LogP) is 2.86. The monoisotopic (exact) mass is 544 g/mol. The zero-order valence-corrected chi connectivity index (χ0v) is 22.6. The molecule has 6 aliphatic heterocycles. The largest absolute Gasteiger partial charge is 0.491 e. The molecule has 2 aromatic carbocycles. The summed E-state index contributed by atoms with van der Waals surface area (Å²) in [5.74, 6) is 1.73. The molecule has 0 saturated heterocycles. The molecule has 6 aliphatic rings. The average Bonchev–Trinajstić information content (AvgIpc) is 2.95. The zero-order valence-electron chi connectivity index (χ0n) is 22.6. The van der Waals surface area contributed by atoms with Gasteiger partial charge < -0.3 is 47.7 Å². The summed E-state index contributed by atoms with van der Waals surface area (Å²) >= 11 is 0. The van der Waals surface area contributed by atoms with Crippen LogP contribution < -0.4 is 19.3 Å². The lowest BCUT2D eigenvalue weighted by Crippen LogP contribution is -2.46. The molecule has 0 unspecified atom stereocenters. The van der Waals surface area contributed by atoms with Gasteiger partial charge in [0.15, 0.2) is 0 Å². The highest BCUT2D eigenvalue weighted by molar-refractivity contribution is 5.69. The van der Waals surface area contributed by atoms with Crippen molar-refractivity contribution in [3.8, 4) is 11.5 Å². The number of hydrogen-bond donors (Lipinski definition) is 0. The van der Waals surface area contributed by atoms with E-state index in [1.807, 2.05) is 12.1 Å². The van der Waals surface area contributed by atoms with E-state index in [2.05, 4.69) is 34.1 Å². The minimum Gasteiger partial charge on any atom is -0.491 e. The van der Waals surface area contributed by atoms with Gasteiger partial charge in [-0.05, 0) is 47.5 Å². The van der Waals surface area contributed by atoms with E-state index in [9.17, 15) is 0 Å². The minimum atomic E-state index is 0.497. The Morgan fingerprint density at radius 2 is 0.744 bits per heavy atom. The first kappa shape index (κ1) is 27.9. The van der Waals surface area contributed by atoms with Crippen LogP contribution in [0, 0.1) is 0 Å². The summed E-state index contributed by atoms with van der Waals surface area (Å²) in [5.41, 5.74) is 5.05. The molecule has 214 valence electrons. The van der Waals surface area contributed by atoms with Crippen LogP contribution in [0.25, 0.3) is 0 Å². The lowest BCUT2D eigenvalue weighted by Gasteiger charge is -2.44. The first-order valence-electron chi connectivity index (χ1n) is 13.8. The number of fused-ring (bicyclic) bond motifs is 2. The zero-order chi connectivity index (χ0) is 26.5. The highest BCUT2D eigenvalue weighted by atomic mass is 16.6. The van der Waals surface area contributed by atoms with E-state index in [1.165, 1.54) is 22.5 Å². The molecule has 0 amide bonds. The van der Waals surface area contributed by atoms with Crippen LogP contribution in [0.4, 0.5) is 11.4 Å². The topological polar surface area (TPSA) is 80.3 Å². The van der Waals surface area contributed by atoms with Crippen LogP contribution in [0.15, 0.2) is 36.4 Å². The maximum Gasteiger partial charge on any atom is 0.119 e. The highest BCUT2D eigenvalue weighted by Crippen LogP contribution is 2.40. The summed E-state index contributed by atoms with van der Waals surface area (Å²) in [5, 5.41) is 0. The second-order valence-corrected chi connectivity index (χ2v) is 9.49. The highest BCUT2D eigenvalue weighted by Gasteiger charge is 2.29. The molecule has 2 aromatic rings. The Labute approximate surface area is 230 Å². The molecule has 8 bridgehead atoms. The molecule has 8 rings (SSSR count). The average molecular weight is 545 g/mol. The maximum atomic E-state index is 5.97. The van der Waals surface area contributed by atoms with Crippen LogP contribution in [-0.4, -0.2) is 99.2 Å². The van der Waals surface area contributed by atoms with Crippen molar-refractivity contribution >= 4 is 11.4 Å². The summed E-state index contributed by atoms with van der Waals surface area (Å²) < 4.78 is 45.3. The van der Waals surface area contributed by atoms with Gasteiger partial charge in [0.2, 0.25) is 0 Å². The Morgan fingerprint density at radius 3 is 1.10 bits per heavy atom. The van der Waals surface area contributed by atoms with E-state index < -0.39 is 0 Å². The van der Waals surface area contributed by atoms with Gasteiger partial charge in [-0.25, -0.2) is 0 Å². The molecule has 0 aliphatic carbocycles. The van der Waals surface area contributed by atoms with Crippen LogP contribution in [-0.2, 0) is 41.5 Å². The molecule has 10 heteroatoms. The van der Waals surface area contributed by atoms with Crippen LogP contribution in [0.2, 0.25) is 0 Å². The van der Waals surface area contributed by atoms with E-state index >= 15 is 0 Å². The maximum absolute atomic E-state index is 5.97. The molecule has 39 heavy (non-hydrogen) atoms. The van der Waals surface area contributed by atoms with E-state index in [0.717, 1.165) is 31.3 Å². The van der Waals surface area contributed by atoms with Gasteiger partial charge in [0.1, 0.15) is 24.7 Å². The minimum absolute atomic E-state index is 0.497. The molecular weight excluding hydrogens is 504 g/mol. The van der Waals surface area contributed by atoms with Gasteiger partial charge in [-0.3, -0.25) is 0 Å². The predicted molar refractivity (Wildman–Crippen MR) is 146 cm³/mol. The Kier molecular flexibility index (Phi) is 10.9. The van der Waals surface area contributed by atoms with Crippen molar-refractivity contribution in [2.24, 2.45) is 0 Å². The smallest absolute Gasteiger partial charge is 0.119 e. The summed E-state index contributed by atoms with van der Waals surface area (Å²) in [7, 11) is 0. The van der Waals surface area contributed by atoms with Gasteiger partial charge in [-0.2, -0.15) is 0 Å². The molecule has 0 aromatic heterocycles. The van der Waals surface area contributed by atoms with Crippen molar-refractivity contribution in [2.75, 3.05) is 109 Å². The standard InChI is InChI=1S/C29H40N2O8/c1-3-28-24-19-26(1)38-17-15-36-13-11-34-9-7-32-5-6-33-8-10-35-12-14-37-16-18-39-27-2-4-29-25(20-27)22-30(28)23-31(29)21-24/h1-4,19-20H,5-18,21-23H2. The van der Waals surface area contributed by atoms with Crippen LogP contribution in [0.1, 0.15) is 11.1 Å². The third-order valence-electron chi connectivity index (χ3n) is 6.70. The van der Waals surface area contributed by atoms with Crippen molar-refractivity contribution in [1.29, 1.82) is 0 Å². The van der Waals surface area contributed by atoms with Gasteiger partial charge in [-0.15, -0.1) is 0 Å². The van der Waals surface area contributed by atoms with Gasteiger partial charge in [-0.1, -0.05) is 0 Å². The van der Waals surface area contributed by atoms with Crippen molar-refractivity contribution < 1.29 is 37.9 Å². The Hall–Kier alpha value is -2.60. The molecule has 0 saturated carbocycles. The molecule has 0 spiro atoms. The third kappa shape index (κ3) is 8.44. The molecular formula is C29H40N2O8. The van der Waals surface area contributed by atoms with Crippen LogP contribution in [0.5, 0.6) is 11.5 Å². The Balaban J connectivity index is 1.14. The third-order valence-corrected chi connectivity index (χ3v) is 6.70. The van der Waals surface area contributed by atoms with E-state index in [4.69, 9.17) is 37.9 Å². The van der Waals surface area contributed by atoms with Gasteiger partial charge in [0.25, 0.3) is 0 Å². The van der Waals surface area contributed by atoms with Crippen molar-refractivity contribution in [3.05, 3.63) is 47.5 Å². The number of anilines is 2. The lowest BCUT2D eigenvalue weighted by molar-refractivity contribution is -0.0187. The molecule has 0 atom stereocenters. The van der Waals surface area contributed by atoms with E-state index in [1.54, 1.807) is 0 Å². The van der Waals surface area contributed by atoms with Crippen molar-refractivity contribution in [2.45, 2.75) is 13.1 Å². The Bertz CT molecular complexity index is 943. The van der Waals surface area contributed by atoms with Gasteiger partial charge in [0.05, 0.1) is 86.0 Å². The molecule has 0 fully saturated rings. The number of rotatable bonds is 0. The summed E-state index contributed by atoms with van der Waals surface area (Å²) in [6, 6.07) is 12.7. The second-order valence-electron chi connectivity index (χ2n) is 9.49. The van der Waals surface area contributed by atoms with E-state index in [-0.39, 0.29) is 0 Å². The quantitative estimate of drug-likeness (QED) is 0.494. The second kappa shape index (κ2) is 15.3. The molecule has 6 heterocycles. The number of hydrogen-bond acceptors (Lipinski definition) is 10. The van der Waals surface area contributed by atoms with Crippen LogP contribution in [0.3, 0.4) is 0 Å². The number of ether oxygens (including phenoxy) is 8. The van der Waals surface area contributed by atoms with Crippen LogP contribution >= 0.6 is 0 Å². The fraction of sp³-hybridized carbons (Fsp3) is 0.586. The first-order chi connectivity index (χ1) is 19.4. The van der Waals surface area contributed by atoms with E-state index in [0.29, 0.717) is 92.5 Å². The molecule has 10 nitrogen and oxygen atoms in total. The van der Waals surface area contributed by atoms with Gasteiger partial charge in [0, 0.05) is 24.5 Å². The first-order valence-corrected chi connectivity index (χ1v) is 13.8. The van der Waals surface area contributed by atoms with Gasteiger partial charge >= 0.3 is 0 Å². The van der Waals surface area contributed by atoms with Crippen molar-refractivity contribution in [1.82, 2.24) is 0 Å². The number of benzene rings is 2. The summed E-state index contributed by atoms with van der Waals surface area (Å²) in [4.78, 5) is 4.80. The fourth-order valence-electron chi connectivity index (χ4n) is 4.85. The fourth-order valence-corrected chi connectivity index (χ4v) is 4.85. The normalized spacial score (nSPS) is 20.8. The van der Waals surface area contributed by atoms with Crippen molar-refractivity contribution in [3.63, 3.8) is 0 Å². The summed E-state index contributed by atoms with van der Waals surface area (Å²) in [6.45, 7) is 9.88. The Morgan fingerprint density at radius 1 is 0.410 bits per heavy atom. The number of nitrogens with zero attached hydrogens (tertiary/aromatic N) is 2. The SMILES string of the molecule is c1cc2c3cc1OCCOCCOCCOCCOCCOCCOCCOc1ccc4c(c1)CN2CN4C3. The summed E-state index contributed by atoms with van der Waals surface area (Å²) in [6.07, 6.45) is 0. The molecule has 0 N–H and O–H groups in total. The molecule has 0 radical (unpaired) electrons. The lowest BCUT2D eigenvalue weighted by atomic mass is 10.0.